The Bertz CT molecular complexity index is 3950. The van der Waals surface area contributed by atoms with Crippen LogP contribution in [0.5, 0.6) is 0 Å². The van der Waals surface area contributed by atoms with Gasteiger partial charge in [0.2, 0.25) is 35.2 Å². The zero-order valence-corrected chi connectivity index (χ0v) is 58.0. The number of nitrogens with zero attached hydrogens (tertiary/aromatic N) is 2. The zero-order chi connectivity index (χ0) is 72.2. The summed E-state index contributed by atoms with van der Waals surface area (Å²) in [6.45, 7) is 4.51. The summed E-state index contributed by atoms with van der Waals surface area (Å²) in [5, 5.41) is 29.7. The van der Waals surface area contributed by atoms with E-state index in [0.717, 1.165) is 11.3 Å². The SMILES string of the molecule is CC12CCCCCC(=O)NC(CS(=O)(=O)O)C(=O)NC(CS(=O)(=O)O)C(=O)NC(CS(=O)(=O)O)C(=O)NCCCCCNC(=O)CCCCCC3(C)/C(=C/C=C/C=C/C1=[N+](CCCCCC(=O)O)c1ccc(S(=O)(=O)O)cc12)N(CCCCCC(=O)O)c1cc(S(=O)(=O)O)ccc13. The van der Waals surface area contributed by atoms with Crippen molar-refractivity contribution < 1.29 is 113 Å². The van der Waals surface area contributed by atoms with Crippen molar-refractivity contribution in [3.8, 4) is 0 Å². The molecule has 0 fully saturated rings. The van der Waals surface area contributed by atoms with Gasteiger partial charge in [-0.1, -0.05) is 56.4 Å². The highest BCUT2D eigenvalue weighted by molar-refractivity contribution is 7.86. The molecule has 97 heavy (non-hydrogen) atoms. The second-order valence-corrected chi connectivity index (χ2v) is 32.0. The minimum absolute atomic E-state index is 0.0249. The van der Waals surface area contributed by atoms with Crippen molar-refractivity contribution in [1.29, 1.82) is 0 Å². The van der Waals surface area contributed by atoms with Crippen LogP contribution in [0.15, 0.2) is 82.3 Å². The molecule has 12 N–H and O–H groups in total. The fraction of sp³-hybridized carbons (Fsp3) is 0.574. The Morgan fingerprint density at radius 1 is 0.526 bits per heavy atom. The average Bonchev–Trinajstić information content (AvgIpc) is 1.59. The Kier molecular flexibility index (Phi) is 29.6. The quantitative estimate of drug-likeness (QED) is 0.0505. The molecule has 2 aromatic rings. The summed E-state index contributed by atoms with van der Waals surface area (Å²) in [4.78, 5) is 91.2. The number of rotatable bonds is 20. The molecule has 31 nitrogen and oxygen atoms in total. The lowest BCUT2D eigenvalue weighted by molar-refractivity contribution is -0.438. The lowest BCUT2D eigenvalue weighted by Crippen LogP contribution is -2.60. The van der Waals surface area contributed by atoms with E-state index in [1.165, 1.54) is 30.3 Å². The van der Waals surface area contributed by atoms with Crippen LogP contribution in [0.25, 0.3) is 0 Å². The van der Waals surface area contributed by atoms with Gasteiger partial charge in [-0.25, -0.2) is 0 Å². The van der Waals surface area contributed by atoms with E-state index in [2.05, 4.69) is 16.0 Å². The Hall–Kier alpha value is -7.03. The standard InChI is InChI=1S/C61H87N7O24S5/c1-60-31-15-4-11-23-53(69)62-33-17-8-18-34-63-57(75)46(39-93(78,79)80)65-59(77)48(41-95(84,85)86)66-58(76)47(40-94(81,82)83)64-54(70)24-12-5-16-32-61(2)45-37-42(96(87,88)89)28-30-49(45)67(35-19-6-13-25-55(71)72)52(61)22-10-3-9-21-51(60)68(36-20-7-14-26-56(73)74)50-38-43(97(90,91)92)27-29-44(50)60/h3,9-10,21-22,27-30,37-38,46-48H,4-8,11-20,23-26,31-36,39-41H2,1-2H3,(H11-,62,63,64,65,66,69,70,71,72,73,74,75,76,77,78,79,80,81,82,83,84,85,86,87,88,89,90,91,92)/p+1. The molecular weight excluding hydrogens is 1380 g/mol. The number of allylic oxidation sites excluding steroid dienone is 6. The lowest BCUT2D eigenvalue weighted by Gasteiger charge is -2.30. The Balaban J connectivity index is 1.58. The summed E-state index contributed by atoms with van der Waals surface area (Å²) in [5.74, 6) is -12.4. The molecule has 3 aliphatic rings. The van der Waals surface area contributed by atoms with E-state index < -0.39 is 144 Å². The molecule has 5 amide bonds. The topological polar surface area (TPSA) is 498 Å². The second kappa shape index (κ2) is 35.7. The van der Waals surface area contributed by atoms with Crippen LogP contribution in [0.4, 0.5) is 11.4 Å². The van der Waals surface area contributed by atoms with Crippen molar-refractivity contribution in [1.82, 2.24) is 26.6 Å². The highest BCUT2D eigenvalue weighted by Crippen LogP contribution is 2.52. The Morgan fingerprint density at radius 3 is 1.58 bits per heavy atom. The predicted molar refractivity (Wildman–Crippen MR) is 354 cm³/mol. The molecule has 540 valence electrons. The van der Waals surface area contributed by atoms with E-state index in [0.29, 0.717) is 113 Å². The zero-order valence-electron chi connectivity index (χ0n) is 53.9. The van der Waals surface area contributed by atoms with Gasteiger partial charge in [0.05, 0.1) is 15.2 Å². The van der Waals surface area contributed by atoms with Gasteiger partial charge in [-0.15, -0.1) is 0 Å². The molecule has 5 atom stereocenters. The van der Waals surface area contributed by atoms with Crippen LogP contribution in [-0.2, 0) is 95.0 Å². The third-order valence-corrected chi connectivity index (χ3v) is 20.9. The van der Waals surface area contributed by atoms with Gasteiger partial charge in [-0.05, 0) is 120 Å². The first-order valence-corrected chi connectivity index (χ1v) is 39.4. The van der Waals surface area contributed by atoms with E-state index in [1.807, 2.05) is 40.0 Å². The number of fused-ring (bicyclic) bond motifs is 6. The number of carbonyl (C=O) groups excluding carboxylic acids is 5. The van der Waals surface area contributed by atoms with E-state index in [4.69, 9.17) is 0 Å². The van der Waals surface area contributed by atoms with Crippen molar-refractivity contribution in [2.45, 2.75) is 187 Å². The monoisotopic (exact) mass is 1460 g/mol. The summed E-state index contributed by atoms with van der Waals surface area (Å²) in [6, 6.07) is 1.59. The molecule has 5 unspecified atom stereocenters. The second-order valence-electron chi connectivity index (χ2n) is 24.7. The fourth-order valence-electron chi connectivity index (χ4n) is 12.2. The van der Waals surface area contributed by atoms with Gasteiger partial charge in [0, 0.05) is 86.2 Å². The Morgan fingerprint density at radius 2 is 1.02 bits per heavy atom. The molecule has 0 aromatic heterocycles. The number of amides is 5. The van der Waals surface area contributed by atoms with Gasteiger partial charge in [-0.3, -0.25) is 56.3 Å². The Labute approximate surface area is 565 Å². The van der Waals surface area contributed by atoms with Crippen LogP contribution in [-0.4, -0.2) is 188 Å². The van der Waals surface area contributed by atoms with Crippen molar-refractivity contribution in [3.63, 3.8) is 0 Å². The van der Waals surface area contributed by atoms with Gasteiger partial charge >= 0.3 is 11.9 Å². The molecule has 2 aromatic carbocycles. The van der Waals surface area contributed by atoms with Crippen molar-refractivity contribution in [2.75, 3.05) is 48.3 Å². The minimum Gasteiger partial charge on any atom is -0.481 e. The van der Waals surface area contributed by atoms with Gasteiger partial charge in [0.25, 0.3) is 50.6 Å². The van der Waals surface area contributed by atoms with Crippen molar-refractivity contribution in [3.05, 3.63) is 83.6 Å². The average molecular weight is 1460 g/mol. The molecule has 0 saturated carbocycles. The molecule has 0 aliphatic carbocycles. The predicted octanol–water partition coefficient (Wildman–Crippen LogP) is 4.04. The van der Waals surface area contributed by atoms with Gasteiger partial charge in [0.15, 0.2) is 5.71 Å². The van der Waals surface area contributed by atoms with Crippen molar-refractivity contribution in [2.24, 2.45) is 0 Å². The molecule has 0 bridgehead atoms. The number of aliphatic carboxylic acids is 2. The van der Waals surface area contributed by atoms with Gasteiger partial charge in [-0.2, -0.15) is 46.7 Å². The number of unbranched alkanes of at least 4 members (excludes halogenated alkanes) is 4. The lowest BCUT2D eigenvalue weighted by atomic mass is 9.75. The first-order chi connectivity index (χ1) is 45.2. The van der Waals surface area contributed by atoms with Crippen molar-refractivity contribution >= 4 is 109 Å². The normalized spacial score (nSPS) is 23.9. The van der Waals surface area contributed by atoms with Gasteiger partial charge < -0.3 is 41.7 Å². The largest absolute Gasteiger partial charge is 0.481 e. The number of carboxylic acid groups (broad SMARTS) is 2. The summed E-state index contributed by atoms with van der Waals surface area (Å²) >= 11 is 0. The minimum atomic E-state index is -5.25. The van der Waals surface area contributed by atoms with Crippen LogP contribution >= 0.6 is 0 Å². The number of carbonyl (C=O) groups is 7. The molecule has 0 spiro atoms. The highest BCUT2D eigenvalue weighted by Gasteiger charge is 2.48. The molecule has 5 rings (SSSR count). The smallest absolute Gasteiger partial charge is 0.303 e. The number of hydrogen-bond acceptors (Lipinski definition) is 18. The van der Waals surface area contributed by atoms with Crippen LogP contribution in [0.3, 0.4) is 0 Å². The van der Waals surface area contributed by atoms with Gasteiger partial charge in [0.1, 0.15) is 41.9 Å². The molecule has 3 aliphatic heterocycles. The maximum atomic E-state index is 13.7. The van der Waals surface area contributed by atoms with E-state index in [9.17, 15) is 109 Å². The third-order valence-electron chi connectivity index (χ3n) is 17.0. The number of hydrogen-bond donors (Lipinski definition) is 12. The summed E-state index contributed by atoms with van der Waals surface area (Å²) < 4.78 is 175. The van der Waals surface area contributed by atoms with E-state index in [1.54, 1.807) is 30.4 Å². The molecule has 3 heterocycles. The summed E-state index contributed by atoms with van der Waals surface area (Å²) in [6.07, 6.45) is 15.0. The number of benzene rings is 2. The highest BCUT2D eigenvalue weighted by atomic mass is 32.2. The third kappa shape index (κ3) is 25.7. The van der Waals surface area contributed by atoms with Crippen LogP contribution < -0.4 is 31.5 Å². The maximum Gasteiger partial charge on any atom is 0.303 e. The number of nitrogens with one attached hydrogen (secondary N) is 5. The van der Waals surface area contributed by atoms with E-state index in [-0.39, 0.29) is 75.3 Å². The maximum absolute atomic E-state index is 13.7. The summed E-state index contributed by atoms with van der Waals surface area (Å²) in [7, 11) is -25.0. The first-order valence-electron chi connectivity index (χ1n) is 31.7. The molecular formula is C61H88N7O24S5+. The van der Waals surface area contributed by atoms with Crippen LogP contribution in [0, 0.1) is 0 Å². The molecule has 0 radical (unpaired) electrons. The molecule has 36 heteroatoms. The summed E-state index contributed by atoms with van der Waals surface area (Å²) in [5.41, 5.74) is 1.76. The number of carboxylic acids is 2. The molecule has 0 saturated heterocycles. The first kappa shape index (κ1) is 80.7. The van der Waals surface area contributed by atoms with Crippen LogP contribution in [0.2, 0.25) is 0 Å². The number of anilines is 1. The fourth-order valence-corrected chi connectivity index (χ4v) is 15.1. The van der Waals surface area contributed by atoms with Crippen LogP contribution in [0.1, 0.15) is 160 Å². The van der Waals surface area contributed by atoms with E-state index >= 15 is 0 Å².